The van der Waals surface area contributed by atoms with Gasteiger partial charge in [-0.15, -0.1) is 0 Å². The third-order valence-electron chi connectivity index (χ3n) is 3.38. The van der Waals surface area contributed by atoms with Gasteiger partial charge in [-0.1, -0.05) is 30.3 Å². The number of alkyl carbamates (subject to hydrolysis) is 1. The average Bonchev–Trinajstić information content (AvgIpc) is 2.95. The second-order valence-corrected chi connectivity index (χ2v) is 5.19. The van der Waals surface area contributed by atoms with Gasteiger partial charge in [-0.05, 0) is 19.4 Å². The van der Waals surface area contributed by atoms with Crippen molar-refractivity contribution in [3.8, 4) is 0 Å². The molecular weight excluding hydrogens is 300 g/mol. The van der Waals surface area contributed by atoms with E-state index in [-0.39, 0.29) is 12.5 Å². The summed E-state index contributed by atoms with van der Waals surface area (Å²) in [6, 6.07) is 8.14. The first-order chi connectivity index (χ1) is 11.0. The van der Waals surface area contributed by atoms with E-state index in [1.807, 2.05) is 30.3 Å². The van der Waals surface area contributed by atoms with Gasteiger partial charge in [0.15, 0.2) is 6.04 Å². The minimum atomic E-state index is -0.709. The van der Waals surface area contributed by atoms with E-state index in [0.717, 1.165) is 5.56 Å². The highest BCUT2D eigenvalue weighted by Gasteiger charge is 2.36. The van der Waals surface area contributed by atoms with Crippen LogP contribution >= 0.6 is 0 Å². The number of ether oxygens (including phenoxy) is 3. The topological polar surface area (TPSA) is 86.2 Å². The Hall–Kier alpha value is -2.57. The standard InChI is InChI=1S/C16H20N2O5/c1-10(14-18-13(11(2)23-14)15(19)21-3)17-16(20)22-9-12-7-5-4-6-8-12/h4-8,10-11,13H,9H2,1-3H3,(H,17,20)/t10-,11+,13-/m0/s1. The number of hydrogen-bond acceptors (Lipinski definition) is 6. The molecule has 1 aromatic rings. The number of methoxy groups -OCH3 is 1. The Morgan fingerprint density at radius 2 is 2.04 bits per heavy atom. The molecule has 0 aromatic heterocycles. The van der Waals surface area contributed by atoms with Gasteiger partial charge in [-0.25, -0.2) is 14.6 Å². The number of carbonyl (C=O) groups is 2. The molecule has 1 amide bonds. The van der Waals surface area contributed by atoms with E-state index in [4.69, 9.17) is 9.47 Å². The molecule has 2 rings (SSSR count). The summed E-state index contributed by atoms with van der Waals surface area (Å²) in [5.74, 6) is -0.184. The second kappa shape index (κ2) is 7.62. The third kappa shape index (κ3) is 4.45. The minimum absolute atomic E-state index is 0.175. The maximum Gasteiger partial charge on any atom is 0.408 e. The molecule has 1 aromatic carbocycles. The van der Waals surface area contributed by atoms with E-state index in [1.54, 1.807) is 13.8 Å². The molecule has 0 fully saturated rings. The van der Waals surface area contributed by atoms with Crippen molar-refractivity contribution in [1.82, 2.24) is 5.32 Å². The molecule has 0 bridgehead atoms. The Morgan fingerprint density at radius 3 is 2.70 bits per heavy atom. The fourth-order valence-electron chi connectivity index (χ4n) is 2.11. The summed E-state index contributed by atoms with van der Waals surface area (Å²) < 4.78 is 15.3. The van der Waals surface area contributed by atoms with Crippen molar-refractivity contribution in [1.29, 1.82) is 0 Å². The lowest BCUT2D eigenvalue weighted by molar-refractivity contribution is -0.143. The van der Waals surface area contributed by atoms with Crippen LogP contribution in [0.5, 0.6) is 0 Å². The van der Waals surface area contributed by atoms with Gasteiger partial charge in [0.25, 0.3) is 0 Å². The lowest BCUT2D eigenvalue weighted by Gasteiger charge is -2.15. The maximum absolute atomic E-state index is 11.8. The fourth-order valence-corrected chi connectivity index (χ4v) is 2.11. The van der Waals surface area contributed by atoms with Crippen LogP contribution in [0.1, 0.15) is 19.4 Å². The number of nitrogens with zero attached hydrogens (tertiary/aromatic N) is 1. The van der Waals surface area contributed by atoms with Gasteiger partial charge in [-0.2, -0.15) is 0 Å². The minimum Gasteiger partial charge on any atom is -0.474 e. The molecule has 1 aliphatic heterocycles. The Labute approximate surface area is 134 Å². The monoisotopic (exact) mass is 320 g/mol. The molecule has 1 aliphatic rings. The largest absolute Gasteiger partial charge is 0.474 e. The molecule has 1 heterocycles. The molecule has 0 saturated carbocycles. The van der Waals surface area contributed by atoms with E-state index in [2.05, 4.69) is 15.0 Å². The van der Waals surface area contributed by atoms with Crippen molar-refractivity contribution in [3.63, 3.8) is 0 Å². The molecule has 0 unspecified atom stereocenters. The number of benzene rings is 1. The highest BCUT2D eigenvalue weighted by atomic mass is 16.6. The molecule has 7 heteroatoms. The van der Waals surface area contributed by atoms with Gasteiger partial charge in [-0.3, -0.25) is 0 Å². The van der Waals surface area contributed by atoms with Crippen molar-refractivity contribution < 1.29 is 23.8 Å². The average molecular weight is 320 g/mol. The van der Waals surface area contributed by atoms with Crippen LogP contribution in [0.15, 0.2) is 35.3 Å². The molecule has 0 spiro atoms. The van der Waals surface area contributed by atoms with Crippen LogP contribution in [0.2, 0.25) is 0 Å². The molecule has 23 heavy (non-hydrogen) atoms. The molecule has 0 aliphatic carbocycles. The molecule has 0 radical (unpaired) electrons. The van der Waals surface area contributed by atoms with Crippen molar-refractivity contribution in [2.45, 2.75) is 38.6 Å². The number of aliphatic imine (C=N–C) groups is 1. The first kappa shape index (κ1) is 16.8. The number of rotatable bonds is 5. The Morgan fingerprint density at radius 1 is 1.35 bits per heavy atom. The molecule has 7 nitrogen and oxygen atoms in total. The lowest BCUT2D eigenvalue weighted by atomic mass is 10.2. The fraction of sp³-hybridized carbons (Fsp3) is 0.438. The zero-order chi connectivity index (χ0) is 16.8. The number of carbonyl (C=O) groups excluding carboxylic acids is 2. The van der Waals surface area contributed by atoms with Crippen LogP contribution in [0.25, 0.3) is 0 Å². The van der Waals surface area contributed by atoms with E-state index < -0.39 is 30.3 Å². The Balaban J connectivity index is 1.85. The Kier molecular flexibility index (Phi) is 5.56. The van der Waals surface area contributed by atoms with Crippen LogP contribution in [-0.4, -0.2) is 43.3 Å². The van der Waals surface area contributed by atoms with Crippen molar-refractivity contribution >= 4 is 18.0 Å². The van der Waals surface area contributed by atoms with Crippen LogP contribution in [0.3, 0.4) is 0 Å². The number of amides is 1. The maximum atomic E-state index is 11.8. The zero-order valence-corrected chi connectivity index (χ0v) is 13.3. The molecular formula is C16H20N2O5. The normalized spacial score (nSPS) is 20.9. The smallest absolute Gasteiger partial charge is 0.408 e. The van der Waals surface area contributed by atoms with Crippen molar-refractivity contribution in [2.75, 3.05) is 7.11 Å². The van der Waals surface area contributed by atoms with Gasteiger partial charge in [0.1, 0.15) is 18.8 Å². The SMILES string of the molecule is COC(=O)[C@H]1N=C([C@H](C)NC(=O)OCc2ccccc2)O[C@@H]1C. The van der Waals surface area contributed by atoms with Gasteiger partial charge in [0.05, 0.1) is 7.11 Å². The molecule has 124 valence electrons. The van der Waals surface area contributed by atoms with E-state index in [9.17, 15) is 9.59 Å². The summed E-state index contributed by atoms with van der Waals surface area (Å²) in [7, 11) is 1.30. The first-order valence-corrected chi connectivity index (χ1v) is 7.30. The summed E-state index contributed by atoms with van der Waals surface area (Å²) in [5, 5.41) is 2.62. The van der Waals surface area contributed by atoms with Crippen LogP contribution in [0.4, 0.5) is 4.79 Å². The lowest BCUT2D eigenvalue weighted by Crippen LogP contribution is -2.39. The predicted octanol–water partition coefficient (Wildman–Crippen LogP) is 1.66. The zero-order valence-electron chi connectivity index (χ0n) is 13.3. The summed E-state index contributed by atoms with van der Waals surface area (Å²) in [4.78, 5) is 27.5. The van der Waals surface area contributed by atoms with Gasteiger partial charge < -0.3 is 19.5 Å². The number of esters is 1. The van der Waals surface area contributed by atoms with E-state index in [0.29, 0.717) is 0 Å². The number of hydrogen-bond donors (Lipinski definition) is 1. The van der Waals surface area contributed by atoms with Gasteiger partial charge >= 0.3 is 12.1 Å². The summed E-state index contributed by atoms with van der Waals surface area (Å²) in [6.45, 7) is 3.60. The van der Waals surface area contributed by atoms with Crippen molar-refractivity contribution in [2.24, 2.45) is 4.99 Å². The third-order valence-corrected chi connectivity index (χ3v) is 3.38. The number of nitrogens with one attached hydrogen (secondary N) is 1. The van der Waals surface area contributed by atoms with E-state index >= 15 is 0 Å². The van der Waals surface area contributed by atoms with Crippen LogP contribution in [-0.2, 0) is 25.6 Å². The first-order valence-electron chi connectivity index (χ1n) is 7.30. The predicted molar refractivity (Wildman–Crippen MR) is 83.0 cm³/mol. The van der Waals surface area contributed by atoms with Gasteiger partial charge in [0, 0.05) is 0 Å². The van der Waals surface area contributed by atoms with Crippen LogP contribution < -0.4 is 5.32 Å². The van der Waals surface area contributed by atoms with Crippen LogP contribution in [0, 0.1) is 0 Å². The highest BCUT2D eigenvalue weighted by molar-refractivity contribution is 5.90. The van der Waals surface area contributed by atoms with Crippen molar-refractivity contribution in [3.05, 3.63) is 35.9 Å². The molecule has 3 atom stereocenters. The van der Waals surface area contributed by atoms with E-state index in [1.165, 1.54) is 7.11 Å². The molecule has 0 saturated heterocycles. The summed E-state index contributed by atoms with van der Waals surface area (Å²) >= 11 is 0. The summed E-state index contributed by atoms with van der Waals surface area (Å²) in [5.41, 5.74) is 0.893. The van der Waals surface area contributed by atoms with Gasteiger partial charge in [0.2, 0.25) is 5.90 Å². The highest BCUT2D eigenvalue weighted by Crippen LogP contribution is 2.16. The summed E-state index contributed by atoms with van der Waals surface area (Å²) in [6.07, 6.45) is -1.01. The molecule has 1 N–H and O–H groups in total. The second-order valence-electron chi connectivity index (χ2n) is 5.19. The Bertz CT molecular complexity index is 587. The quantitative estimate of drug-likeness (QED) is 0.834.